The molecule has 1 N–H and O–H groups in total. The Kier molecular flexibility index (Phi) is 3.97. The lowest BCUT2D eigenvalue weighted by atomic mass is 10.1. The number of nitrogens with one attached hydrogen (secondary N) is 1. The van der Waals surface area contributed by atoms with Crippen LogP contribution in [0.15, 0.2) is 78.0 Å². The van der Waals surface area contributed by atoms with Gasteiger partial charge in [0, 0.05) is 11.8 Å². The highest BCUT2D eigenvalue weighted by Gasteiger charge is 2.42. The van der Waals surface area contributed by atoms with Crippen LogP contribution in [0.4, 0.5) is 11.4 Å². The molecule has 0 unspecified atom stereocenters. The minimum Gasteiger partial charge on any atom is -0.321 e. The number of para-hydroxylation sites is 1. The molecule has 0 aliphatic carbocycles. The van der Waals surface area contributed by atoms with Crippen LogP contribution in [-0.2, 0) is 10.0 Å². The summed E-state index contributed by atoms with van der Waals surface area (Å²) in [6.07, 6.45) is 3.05. The number of sulfonamides is 1. The Morgan fingerprint density at radius 1 is 1.00 bits per heavy atom. The van der Waals surface area contributed by atoms with Gasteiger partial charge in [-0.05, 0) is 42.5 Å². The number of fused-ring (bicyclic) bond motifs is 1. The summed E-state index contributed by atoms with van der Waals surface area (Å²) >= 11 is 0. The minimum absolute atomic E-state index is 0.0387. The van der Waals surface area contributed by atoms with Crippen LogP contribution in [-0.4, -0.2) is 25.2 Å². The molecular formula is C19H13N3O4S. The van der Waals surface area contributed by atoms with E-state index < -0.39 is 21.8 Å². The molecule has 0 saturated heterocycles. The largest absolute Gasteiger partial charge is 0.321 e. The lowest BCUT2D eigenvalue weighted by Gasteiger charge is -2.14. The van der Waals surface area contributed by atoms with E-state index >= 15 is 0 Å². The first kappa shape index (κ1) is 16.9. The number of rotatable bonds is 3. The van der Waals surface area contributed by atoms with Crippen molar-refractivity contribution in [1.82, 2.24) is 4.98 Å². The van der Waals surface area contributed by atoms with Crippen molar-refractivity contribution in [3.63, 3.8) is 0 Å². The van der Waals surface area contributed by atoms with Gasteiger partial charge >= 0.3 is 0 Å². The molecule has 1 aliphatic heterocycles. The molecule has 0 radical (unpaired) electrons. The van der Waals surface area contributed by atoms with Crippen LogP contribution in [0.3, 0.4) is 0 Å². The molecule has 7 nitrogen and oxygen atoms in total. The van der Waals surface area contributed by atoms with E-state index in [0.717, 1.165) is 4.31 Å². The van der Waals surface area contributed by atoms with Crippen molar-refractivity contribution in [2.75, 3.05) is 9.62 Å². The maximum absolute atomic E-state index is 12.9. The first-order chi connectivity index (χ1) is 13.0. The monoisotopic (exact) mass is 379 g/mol. The highest BCUT2D eigenvalue weighted by atomic mass is 32.2. The van der Waals surface area contributed by atoms with E-state index in [9.17, 15) is 18.0 Å². The summed E-state index contributed by atoms with van der Waals surface area (Å²) in [6.45, 7) is 0. The van der Waals surface area contributed by atoms with Crippen molar-refractivity contribution in [2.24, 2.45) is 0 Å². The van der Waals surface area contributed by atoms with Crippen molar-refractivity contribution < 1.29 is 18.0 Å². The number of pyridine rings is 1. The number of amides is 2. The second-order valence-corrected chi connectivity index (χ2v) is 7.57. The van der Waals surface area contributed by atoms with Crippen LogP contribution in [0.5, 0.6) is 0 Å². The van der Waals surface area contributed by atoms with Gasteiger partial charge in [0.1, 0.15) is 4.90 Å². The Bertz CT molecular complexity index is 1150. The van der Waals surface area contributed by atoms with E-state index in [0.29, 0.717) is 5.69 Å². The Morgan fingerprint density at radius 3 is 2.48 bits per heavy atom. The summed E-state index contributed by atoms with van der Waals surface area (Å²) in [6, 6.07) is 15.4. The molecule has 0 atom stereocenters. The lowest BCUT2D eigenvalue weighted by Crippen LogP contribution is -2.29. The molecule has 8 heteroatoms. The predicted octanol–water partition coefficient (Wildman–Crippen LogP) is 2.68. The zero-order valence-electron chi connectivity index (χ0n) is 13.9. The molecule has 2 amide bonds. The second-order valence-electron chi connectivity index (χ2n) is 5.82. The summed E-state index contributed by atoms with van der Waals surface area (Å²) in [5.41, 5.74) is 0.897. The molecule has 0 saturated carbocycles. The van der Waals surface area contributed by atoms with Crippen LogP contribution >= 0.6 is 0 Å². The van der Waals surface area contributed by atoms with Crippen LogP contribution in [0.25, 0.3) is 0 Å². The summed E-state index contributed by atoms with van der Waals surface area (Å²) < 4.78 is 26.5. The Labute approximate surface area is 155 Å². The molecule has 1 aliphatic rings. The first-order valence-corrected chi connectivity index (χ1v) is 9.42. The van der Waals surface area contributed by atoms with Gasteiger partial charge in [-0.3, -0.25) is 14.6 Å². The normalized spacial score (nSPS) is 14.7. The van der Waals surface area contributed by atoms with Crippen molar-refractivity contribution in [1.29, 1.82) is 0 Å². The van der Waals surface area contributed by atoms with E-state index in [4.69, 9.17) is 0 Å². The maximum Gasteiger partial charge on any atom is 0.273 e. The molecule has 4 rings (SSSR count). The van der Waals surface area contributed by atoms with Gasteiger partial charge in [-0.1, -0.05) is 18.2 Å². The van der Waals surface area contributed by atoms with E-state index in [1.165, 1.54) is 36.5 Å². The van der Waals surface area contributed by atoms with Gasteiger partial charge in [0.2, 0.25) is 0 Å². The minimum atomic E-state index is -4.09. The molecule has 1 aromatic heterocycles. The Morgan fingerprint density at radius 2 is 1.78 bits per heavy atom. The second kappa shape index (κ2) is 6.33. The average Bonchev–Trinajstić information content (AvgIpc) is 2.88. The zero-order valence-corrected chi connectivity index (χ0v) is 14.7. The zero-order chi connectivity index (χ0) is 19.0. The van der Waals surface area contributed by atoms with Crippen LogP contribution < -0.4 is 9.62 Å². The van der Waals surface area contributed by atoms with Gasteiger partial charge in [0.25, 0.3) is 21.8 Å². The van der Waals surface area contributed by atoms with Gasteiger partial charge in [0.05, 0.1) is 23.1 Å². The maximum atomic E-state index is 12.9. The quantitative estimate of drug-likeness (QED) is 0.755. The smallest absolute Gasteiger partial charge is 0.273 e. The van der Waals surface area contributed by atoms with Gasteiger partial charge < -0.3 is 5.32 Å². The summed E-state index contributed by atoms with van der Waals surface area (Å²) in [5, 5.41) is 2.64. The highest BCUT2D eigenvalue weighted by Crippen LogP contribution is 2.35. The average molecular weight is 379 g/mol. The van der Waals surface area contributed by atoms with E-state index in [1.807, 2.05) is 0 Å². The highest BCUT2D eigenvalue weighted by molar-refractivity contribution is 7.94. The third-order valence-corrected chi connectivity index (χ3v) is 5.84. The molecule has 134 valence electrons. The first-order valence-electron chi connectivity index (χ1n) is 7.98. The number of anilines is 2. The van der Waals surface area contributed by atoms with E-state index in [2.05, 4.69) is 10.3 Å². The van der Waals surface area contributed by atoms with Crippen LogP contribution in [0.1, 0.15) is 20.7 Å². The fourth-order valence-electron chi connectivity index (χ4n) is 2.83. The van der Waals surface area contributed by atoms with Crippen LogP contribution in [0, 0.1) is 0 Å². The molecule has 0 fully saturated rings. The Hall–Kier alpha value is -3.52. The molecule has 27 heavy (non-hydrogen) atoms. The third kappa shape index (κ3) is 2.85. The topological polar surface area (TPSA) is 96.4 Å². The van der Waals surface area contributed by atoms with Gasteiger partial charge in [-0.25, -0.2) is 8.42 Å². The number of aromatic nitrogens is 1. The fraction of sp³-hybridized carbons (Fsp3) is 0. The summed E-state index contributed by atoms with van der Waals surface area (Å²) in [7, 11) is -4.09. The van der Waals surface area contributed by atoms with E-state index in [-0.39, 0.29) is 21.7 Å². The van der Waals surface area contributed by atoms with Gasteiger partial charge in [-0.15, -0.1) is 0 Å². The number of hydrogen-bond donors (Lipinski definition) is 1. The molecule has 3 aromatic rings. The molecule has 0 spiro atoms. The molecule has 2 heterocycles. The SMILES string of the molecule is O=C(Nc1cccnc1)c1ccc2c(c1)S(=O)(=O)N(c1ccccc1)C2=O. The lowest BCUT2D eigenvalue weighted by molar-refractivity contribution is 0.100. The van der Waals surface area contributed by atoms with Crippen molar-refractivity contribution >= 4 is 33.2 Å². The van der Waals surface area contributed by atoms with Crippen LogP contribution in [0.2, 0.25) is 0 Å². The number of hydrogen-bond acceptors (Lipinski definition) is 5. The predicted molar refractivity (Wildman–Crippen MR) is 99.1 cm³/mol. The number of nitrogens with zero attached hydrogens (tertiary/aromatic N) is 2. The van der Waals surface area contributed by atoms with Crippen molar-refractivity contribution in [2.45, 2.75) is 4.90 Å². The fourth-order valence-corrected chi connectivity index (χ4v) is 4.45. The standard InChI is InChI=1S/C19H13N3O4S/c23-18(21-14-5-4-10-20-12-14)13-8-9-16-17(11-13)27(25,26)22(19(16)24)15-6-2-1-3-7-15/h1-12H,(H,21,23). The number of benzene rings is 2. The van der Waals surface area contributed by atoms with Crippen molar-refractivity contribution in [3.8, 4) is 0 Å². The van der Waals surface area contributed by atoms with Crippen molar-refractivity contribution in [3.05, 3.63) is 84.2 Å². The third-order valence-electron chi connectivity index (χ3n) is 4.09. The number of carbonyl (C=O) groups is 2. The number of carbonyl (C=O) groups excluding carboxylic acids is 2. The van der Waals surface area contributed by atoms with Gasteiger partial charge in [-0.2, -0.15) is 4.31 Å². The molecule has 0 bridgehead atoms. The molecular weight excluding hydrogens is 366 g/mol. The van der Waals surface area contributed by atoms with Gasteiger partial charge in [0.15, 0.2) is 0 Å². The summed E-state index contributed by atoms with van der Waals surface area (Å²) in [5.74, 6) is -1.14. The van der Waals surface area contributed by atoms with E-state index in [1.54, 1.807) is 36.5 Å². The summed E-state index contributed by atoms with van der Waals surface area (Å²) in [4.78, 5) is 28.8. The molecule has 2 aromatic carbocycles. The Balaban J connectivity index is 1.72.